The summed E-state index contributed by atoms with van der Waals surface area (Å²) in [5, 5.41) is 2.87. The van der Waals surface area contributed by atoms with Gasteiger partial charge in [0.15, 0.2) is 0 Å². The zero-order valence-electron chi connectivity index (χ0n) is 16.8. The van der Waals surface area contributed by atoms with Crippen molar-refractivity contribution < 1.29 is 19.0 Å². The summed E-state index contributed by atoms with van der Waals surface area (Å²) in [5.41, 5.74) is 1.12. The molecule has 6 nitrogen and oxygen atoms in total. The third-order valence-corrected chi connectivity index (χ3v) is 5.17. The van der Waals surface area contributed by atoms with Gasteiger partial charge in [-0.2, -0.15) is 0 Å². The second kappa shape index (κ2) is 10.9. The number of hydrogen-bond donors (Lipinski definition) is 1. The van der Waals surface area contributed by atoms with Crippen molar-refractivity contribution in [2.45, 2.75) is 13.8 Å². The van der Waals surface area contributed by atoms with Crippen LogP contribution >= 0.6 is 15.9 Å². The Kier molecular flexibility index (Phi) is 8.60. The molecule has 1 N–H and O–H groups in total. The predicted octanol–water partition coefficient (Wildman–Crippen LogP) is 4.44. The summed E-state index contributed by atoms with van der Waals surface area (Å²) >= 11 is 3.40. The lowest BCUT2D eigenvalue weighted by atomic mass is 10.1. The van der Waals surface area contributed by atoms with Gasteiger partial charge in [-0.3, -0.25) is 4.79 Å². The molecule has 152 valence electrons. The first-order valence-electron chi connectivity index (χ1n) is 9.20. The van der Waals surface area contributed by atoms with Gasteiger partial charge in [0.1, 0.15) is 28.3 Å². The number of amides is 1. The third-order valence-electron chi connectivity index (χ3n) is 4.39. The van der Waals surface area contributed by atoms with E-state index in [1.54, 1.807) is 26.4 Å². The number of carbonyl (C=O) groups is 1. The molecular weight excluding hydrogens is 424 g/mol. The molecule has 0 unspecified atom stereocenters. The largest absolute Gasteiger partial charge is 0.495 e. The Balaban J connectivity index is 1.99. The van der Waals surface area contributed by atoms with Gasteiger partial charge >= 0.3 is 0 Å². The van der Waals surface area contributed by atoms with E-state index in [9.17, 15) is 4.79 Å². The maximum Gasteiger partial charge on any atom is 0.255 e. The second-order valence-corrected chi connectivity index (χ2v) is 6.84. The van der Waals surface area contributed by atoms with E-state index >= 15 is 0 Å². The van der Waals surface area contributed by atoms with E-state index in [2.05, 4.69) is 40.0 Å². The van der Waals surface area contributed by atoms with Crippen LogP contribution in [0.5, 0.6) is 17.2 Å². The summed E-state index contributed by atoms with van der Waals surface area (Å²) in [7, 11) is 3.08. The van der Waals surface area contributed by atoms with Crippen LogP contribution in [0.1, 0.15) is 24.2 Å². The van der Waals surface area contributed by atoms with E-state index in [1.807, 2.05) is 24.3 Å². The molecule has 0 aliphatic heterocycles. The summed E-state index contributed by atoms with van der Waals surface area (Å²) in [4.78, 5) is 14.9. The van der Waals surface area contributed by atoms with Crippen LogP contribution in [0, 0.1) is 0 Å². The maximum atomic E-state index is 12.6. The zero-order chi connectivity index (χ0) is 20.5. The van der Waals surface area contributed by atoms with E-state index in [4.69, 9.17) is 14.2 Å². The van der Waals surface area contributed by atoms with Crippen molar-refractivity contribution in [3.63, 3.8) is 0 Å². The molecule has 0 aromatic heterocycles. The molecule has 0 fully saturated rings. The van der Waals surface area contributed by atoms with Crippen LogP contribution in [-0.2, 0) is 0 Å². The highest BCUT2D eigenvalue weighted by Gasteiger charge is 2.15. The lowest BCUT2D eigenvalue weighted by Gasteiger charge is -2.18. The third kappa shape index (κ3) is 5.87. The number of carbonyl (C=O) groups excluding carboxylic acids is 1. The average Bonchev–Trinajstić information content (AvgIpc) is 2.72. The molecule has 2 aromatic rings. The number of hydrogen-bond acceptors (Lipinski definition) is 5. The van der Waals surface area contributed by atoms with E-state index in [-0.39, 0.29) is 5.91 Å². The second-order valence-electron chi connectivity index (χ2n) is 6.05. The van der Waals surface area contributed by atoms with E-state index < -0.39 is 0 Å². The van der Waals surface area contributed by atoms with Gasteiger partial charge < -0.3 is 24.4 Å². The van der Waals surface area contributed by atoms with Crippen molar-refractivity contribution in [3.8, 4) is 17.2 Å². The molecule has 0 atom stereocenters. The standard InChI is InChI=1S/C21H27BrN2O4/c1-5-24(6-2)11-12-28-17-9-7-16(8-10-17)23-21(25)15-13-18(26-3)20(22)19(14-15)27-4/h7-10,13-14H,5-6,11-12H2,1-4H3,(H,23,25). The minimum Gasteiger partial charge on any atom is -0.495 e. The fourth-order valence-electron chi connectivity index (χ4n) is 2.67. The van der Waals surface area contributed by atoms with E-state index in [0.717, 1.165) is 25.4 Å². The van der Waals surface area contributed by atoms with Crippen LogP contribution in [0.2, 0.25) is 0 Å². The molecule has 0 heterocycles. The van der Waals surface area contributed by atoms with Crippen molar-refractivity contribution >= 4 is 27.5 Å². The predicted molar refractivity (Wildman–Crippen MR) is 115 cm³/mol. The smallest absolute Gasteiger partial charge is 0.255 e. The summed E-state index contributed by atoms with van der Waals surface area (Å²) in [6, 6.07) is 10.6. The molecule has 0 bridgehead atoms. The van der Waals surface area contributed by atoms with Crippen molar-refractivity contribution in [3.05, 3.63) is 46.4 Å². The first kappa shape index (κ1) is 22.0. The van der Waals surface area contributed by atoms with Gasteiger partial charge in [-0.05, 0) is 65.4 Å². The van der Waals surface area contributed by atoms with Crippen molar-refractivity contribution in [1.82, 2.24) is 4.90 Å². The molecule has 0 aliphatic rings. The SMILES string of the molecule is CCN(CC)CCOc1ccc(NC(=O)c2cc(OC)c(Br)c(OC)c2)cc1. The Morgan fingerprint density at radius 3 is 2.11 bits per heavy atom. The number of halogens is 1. The summed E-state index contributed by atoms with van der Waals surface area (Å²) in [6.45, 7) is 7.81. The summed E-state index contributed by atoms with van der Waals surface area (Å²) in [5.74, 6) is 1.58. The Morgan fingerprint density at radius 1 is 1.04 bits per heavy atom. The van der Waals surface area contributed by atoms with Gasteiger partial charge in [0.2, 0.25) is 0 Å². The highest BCUT2D eigenvalue weighted by atomic mass is 79.9. The van der Waals surface area contributed by atoms with Crippen LogP contribution in [0.3, 0.4) is 0 Å². The molecule has 0 saturated heterocycles. The highest BCUT2D eigenvalue weighted by molar-refractivity contribution is 9.10. The summed E-state index contributed by atoms with van der Waals surface area (Å²) in [6.07, 6.45) is 0. The monoisotopic (exact) mass is 450 g/mol. The maximum absolute atomic E-state index is 12.6. The van der Waals surface area contributed by atoms with Crippen LogP contribution in [0.25, 0.3) is 0 Å². The first-order chi connectivity index (χ1) is 13.5. The minimum absolute atomic E-state index is 0.251. The lowest BCUT2D eigenvalue weighted by Crippen LogP contribution is -2.27. The minimum atomic E-state index is -0.251. The number of methoxy groups -OCH3 is 2. The number of ether oxygens (including phenoxy) is 3. The molecule has 0 radical (unpaired) electrons. The topological polar surface area (TPSA) is 60.0 Å². The van der Waals surface area contributed by atoms with Gasteiger partial charge in [0.25, 0.3) is 5.91 Å². The Hall–Kier alpha value is -2.25. The van der Waals surface area contributed by atoms with Crippen LogP contribution in [0.4, 0.5) is 5.69 Å². The van der Waals surface area contributed by atoms with E-state index in [1.165, 1.54) is 0 Å². The Bertz CT molecular complexity index is 751. The summed E-state index contributed by atoms with van der Waals surface area (Å²) < 4.78 is 17.0. The molecule has 2 rings (SSSR count). The van der Waals surface area contributed by atoms with Gasteiger partial charge in [-0.15, -0.1) is 0 Å². The Morgan fingerprint density at radius 2 is 1.61 bits per heavy atom. The number of rotatable bonds is 10. The first-order valence-corrected chi connectivity index (χ1v) is 9.99. The van der Waals surface area contributed by atoms with Crippen molar-refractivity contribution in [2.24, 2.45) is 0 Å². The fraction of sp³-hybridized carbons (Fsp3) is 0.381. The van der Waals surface area contributed by atoms with Crippen molar-refractivity contribution in [1.29, 1.82) is 0 Å². The van der Waals surface area contributed by atoms with Crippen LogP contribution < -0.4 is 19.5 Å². The van der Waals surface area contributed by atoms with Crippen LogP contribution in [0.15, 0.2) is 40.9 Å². The number of anilines is 1. The van der Waals surface area contributed by atoms with Crippen LogP contribution in [-0.4, -0.2) is 51.3 Å². The molecule has 7 heteroatoms. The van der Waals surface area contributed by atoms with Gasteiger partial charge in [-0.25, -0.2) is 0 Å². The molecule has 0 aliphatic carbocycles. The fourth-order valence-corrected chi connectivity index (χ4v) is 3.22. The molecule has 2 aromatic carbocycles. The van der Waals surface area contributed by atoms with E-state index in [0.29, 0.717) is 33.8 Å². The van der Waals surface area contributed by atoms with Gasteiger partial charge in [0, 0.05) is 17.8 Å². The van der Waals surface area contributed by atoms with Gasteiger partial charge in [0.05, 0.1) is 14.2 Å². The van der Waals surface area contributed by atoms with Crippen molar-refractivity contribution in [2.75, 3.05) is 45.8 Å². The number of nitrogens with one attached hydrogen (secondary N) is 1. The highest BCUT2D eigenvalue weighted by Crippen LogP contribution is 2.35. The number of benzene rings is 2. The molecule has 28 heavy (non-hydrogen) atoms. The number of nitrogens with zero attached hydrogens (tertiary/aromatic N) is 1. The Labute approximate surface area is 174 Å². The zero-order valence-corrected chi connectivity index (χ0v) is 18.3. The molecule has 0 saturated carbocycles. The number of likely N-dealkylation sites (N-methyl/N-ethyl adjacent to an activating group) is 1. The molecule has 0 spiro atoms. The average molecular weight is 451 g/mol. The van der Waals surface area contributed by atoms with Gasteiger partial charge in [-0.1, -0.05) is 13.8 Å². The normalized spacial score (nSPS) is 10.6. The quantitative estimate of drug-likeness (QED) is 0.579. The molecular formula is C21H27BrN2O4. The lowest BCUT2D eigenvalue weighted by molar-refractivity contribution is 0.102. The molecule has 1 amide bonds.